The Hall–Kier alpha value is -2.70. The molecular formula is C29H37N5O. The smallest absolute Gasteiger partial charge is 0.254 e. The molecule has 0 radical (unpaired) electrons. The highest BCUT2D eigenvalue weighted by Crippen LogP contribution is 2.42. The molecule has 1 aromatic carbocycles. The molecule has 3 aromatic rings. The first kappa shape index (κ1) is 22.7. The quantitative estimate of drug-likeness (QED) is 0.568. The van der Waals surface area contributed by atoms with E-state index in [2.05, 4.69) is 46.0 Å². The minimum Gasteiger partial charge on any atom is -0.367 e. The van der Waals surface area contributed by atoms with E-state index in [1.54, 1.807) is 10.8 Å². The van der Waals surface area contributed by atoms with Crippen LogP contribution in [0.3, 0.4) is 0 Å². The van der Waals surface area contributed by atoms with E-state index in [-0.39, 0.29) is 5.56 Å². The number of benzene rings is 1. The standard InChI is InChI=1S/C29H37N5O/c1-3-33-28(35)15-26(25-9-6-12-31-29(25)33)32-16-19(2)34-17-22-13-21(10-11-24(22)27(34)18-32)20-7-4-5-8-23(30)14-20/h6,9-13,15,19-20,23,27H,3-5,7-8,14,16-18,30H2,1-2H3/t19-,20?,23+,27-/m1/s1. The third-order valence-corrected chi connectivity index (χ3v) is 8.66. The van der Waals surface area contributed by atoms with Crippen molar-refractivity contribution in [2.75, 3.05) is 18.0 Å². The molecule has 0 bridgehead atoms. The van der Waals surface area contributed by atoms with Crippen molar-refractivity contribution in [3.05, 3.63) is 69.6 Å². The van der Waals surface area contributed by atoms with E-state index in [0.29, 0.717) is 30.6 Å². The fourth-order valence-electron chi connectivity index (χ4n) is 6.85. The fourth-order valence-corrected chi connectivity index (χ4v) is 6.85. The van der Waals surface area contributed by atoms with Crippen LogP contribution in [0.5, 0.6) is 0 Å². The van der Waals surface area contributed by atoms with Gasteiger partial charge in [-0.3, -0.25) is 14.3 Å². The predicted molar refractivity (Wildman–Crippen MR) is 142 cm³/mol. The Morgan fingerprint density at radius 1 is 1.11 bits per heavy atom. The van der Waals surface area contributed by atoms with E-state index in [0.717, 1.165) is 49.2 Å². The summed E-state index contributed by atoms with van der Waals surface area (Å²) in [6.45, 7) is 7.77. The molecule has 1 aliphatic carbocycles. The first-order valence-electron chi connectivity index (χ1n) is 13.4. The molecule has 3 aliphatic rings. The summed E-state index contributed by atoms with van der Waals surface area (Å²) in [7, 11) is 0. The number of piperazine rings is 1. The second kappa shape index (κ2) is 9.07. The first-order valence-corrected chi connectivity index (χ1v) is 13.4. The largest absolute Gasteiger partial charge is 0.367 e. The van der Waals surface area contributed by atoms with Gasteiger partial charge in [-0.1, -0.05) is 31.0 Å². The van der Waals surface area contributed by atoms with Gasteiger partial charge in [0.2, 0.25) is 0 Å². The Kier molecular flexibility index (Phi) is 5.89. The SMILES string of the molecule is CCn1c(=O)cc(N2C[C@@H](C)N3Cc4cc(C5CCCC[C@H](N)C5)ccc4[C@H]3C2)c2cccnc21. The highest BCUT2D eigenvalue weighted by molar-refractivity contribution is 5.89. The minimum absolute atomic E-state index is 0.0295. The van der Waals surface area contributed by atoms with Crippen LogP contribution in [0.25, 0.3) is 11.0 Å². The summed E-state index contributed by atoms with van der Waals surface area (Å²) < 4.78 is 1.77. The number of pyridine rings is 2. The first-order chi connectivity index (χ1) is 17.0. The number of nitrogens with two attached hydrogens (primary N) is 1. The zero-order chi connectivity index (χ0) is 24.1. The Morgan fingerprint density at radius 2 is 1.97 bits per heavy atom. The highest BCUT2D eigenvalue weighted by atomic mass is 16.1. The third-order valence-electron chi connectivity index (χ3n) is 8.66. The third kappa shape index (κ3) is 3.97. The van der Waals surface area contributed by atoms with Gasteiger partial charge in [-0.25, -0.2) is 4.98 Å². The Morgan fingerprint density at radius 3 is 2.83 bits per heavy atom. The van der Waals surface area contributed by atoms with Crippen molar-refractivity contribution >= 4 is 16.7 Å². The van der Waals surface area contributed by atoms with Crippen molar-refractivity contribution in [3.63, 3.8) is 0 Å². The van der Waals surface area contributed by atoms with E-state index < -0.39 is 0 Å². The van der Waals surface area contributed by atoms with Gasteiger partial charge in [-0.2, -0.15) is 0 Å². The average molecular weight is 472 g/mol. The summed E-state index contributed by atoms with van der Waals surface area (Å²) in [5.41, 5.74) is 12.6. The van der Waals surface area contributed by atoms with Gasteiger partial charge in [-0.05, 0) is 67.9 Å². The van der Waals surface area contributed by atoms with Crippen molar-refractivity contribution < 1.29 is 0 Å². The molecule has 0 amide bonds. The van der Waals surface area contributed by atoms with E-state index >= 15 is 0 Å². The maximum Gasteiger partial charge on any atom is 0.254 e. The molecule has 6 rings (SSSR count). The van der Waals surface area contributed by atoms with Crippen LogP contribution in [0.1, 0.15) is 74.6 Å². The molecule has 1 unspecified atom stereocenters. The molecule has 1 saturated heterocycles. The van der Waals surface area contributed by atoms with Gasteiger partial charge in [0, 0.05) is 55.9 Å². The lowest BCUT2D eigenvalue weighted by Gasteiger charge is -2.43. The monoisotopic (exact) mass is 471 g/mol. The molecular weight excluding hydrogens is 434 g/mol. The van der Waals surface area contributed by atoms with E-state index in [1.807, 2.05) is 19.1 Å². The number of aromatic nitrogens is 2. The zero-order valence-corrected chi connectivity index (χ0v) is 21.0. The van der Waals surface area contributed by atoms with Gasteiger partial charge in [-0.15, -0.1) is 0 Å². The van der Waals surface area contributed by atoms with Crippen LogP contribution < -0.4 is 16.2 Å². The van der Waals surface area contributed by atoms with Crippen molar-refractivity contribution in [2.45, 2.75) is 83.1 Å². The van der Waals surface area contributed by atoms with Gasteiger partial charge in [0.25, 0.3) is 5.56 Å². The number of rotatable bonds is 3. The van der Waals surface area contributed by atoms with E-state index in [9.17, 15) is 4.79 Å². The summed E-state index contributed by atoms with van der Waals surface area (Å²) in [5.74, 6) is 0.591. The molecule has 2 aromatic heterocycles. The van der Waals surface area contributed by atoms with E-state index in [1.165, 1.54) is 36.0 Å². The summed E-state index contributed by atoms with van der Waals surface area (Å²) in [4.78, 5) is 22.6. The van der Waals surface area contributed by atoms with Crippen LogP contribution >= 0.6 is 0 Å². The topological polar surface area (TPSA) is 67.4 Å². The number of fused-ring (bicyclic) bond motifs is 4. The summed E-state index contributed by atoms with van der Waals surface area (Å²) in [6.07, 6.45) is 7.87. The van der Waals surface area contributed by atoms with Gasteiger partial charge in [0.15, 0.2) is 0 Å². The van der Waals surface area contributed by atoms with Crippen LogP contribution in [0, 0.1) is 0 Å². The minimum atomic E-state index is 0.0295. The molecule has 2 aliphatic heterocycles. The summed E-state index contributed by atoms with van der Waals surface area (Å²) >= 11 is 0. The molecule has 6 nitrogen and oxygen atoms in total. The van der Waals surface area contributed by atoms with Crippen LogP contribution in [0.15, 0.2) is 47.4 Å². The van der Waals surface area contributed by atoms with Crippen molar-refractivity contribution in [1.29, 1.82) is 0 Å². The van der Waals surface area contributed by atoms with Crippen LogP contribution in [-0.4, -0.2) is 39.6 Å². The zero-order valence-electron chi connectivity index (χ0n) is 21.0. The molecule has 4 atom stereocenters. The summed E-state index contributed by atoms with van der Waals surface area (Å²) in [6, 6.07) is 14.2. The number of hydrogen-bond acceptors (Lipinski definition) is 5. The van der Waals surface area contributed by atoms with Crippen molar-refractivity contribution in [3.8, 4) is 0 Å². The molecule has 6 heteroatoms. The van der Waals surface area contributed by atoms with Crippen molar-refractivity contribution in [2.24, 2.45) is 5.73 Å². The Labute approximate surface area is 207 Å². The molecule has 4 heterocycles. The second-order valence-corrected chi connectivity index (χ2v) is 10.9. The molecule has 2 fully saturated rings. The Bertz CT molecular complexity index is 1300. The van der Waals surface area contributed by atoms with Gasteiger partial charge in [0.05, 0.1) is 11.7 Å². The van der Waals surface area contributed by atoms with Gasteiger partial charge in [0.1, 0.15) is 5.65 Å². The number of nitrogens with zero attached hydrogens (tertiary/aromatic N) is 4. The lowest BCUT2D eigenvalue weighted by molar-refractivity contribution is 0.134. The van der Waals surface area contributed by atoms with Gasteiger partial charge < -0.3 is 10.6 Å². The predicted octanol–water partition coefficient (Wildman–Crippen LogP) is 4.56. The van der Waals surface area contributed by atoms with Crippen LogP contribution in [0.4, 0.5) is 5.69 Å². The molecule has 2 N–H and O–H groups in total. The van der Waals surface area contributed by atoms with Gasteiger partial charge >= 0.3 is 0 Å². The molecule has 1 saturated carbocycles. The number of hydrogen-bond donors (Lipinski definition) is 1. The fraction of sp³-hybridized carbons (Fsp3) is 0.517. The van der Waals surface area contributed by atoms with Crippen LogP contribution in [-0.2, 0) is 13.1 Å². The molecule has 35 heavy (non-hydrogen) atoms. The molecule has 0 spiro atoms. The average Bonchev–Trinajstić information content (AvgIpc) is 3.09. The maximum atomic E-state index is 12.9. The van der Waals surface area contributed by atoms with Crippen molar-refractivity contribution in [1.82, 2.24) is 14.5 Å². The maximum absolute atomic E-state index is 12.9. The Balaban J connectivity index is 1.33. The van der Waals surface area contributed by atoms with E-state index in [4.69, 9.17) is 5.73 Å². The highest BCUT2D eigenvalue weighted by Gasteiger charge is 2.39. The second-order valence-electron chi connectivity index (χ2n) is 10.9. The number of aryl methyl sites for hydroxylation is 1. The lowest BCUT2D eigenvalue weighted by atomic mass is 9.88. The normalized spacial score (nSPS) is 27.0. The lowest BCUT2D eigenvalue weighted by Crippen LogP contribution is -2.51. The van der Waals surface area contributed by atoms with Crippen LogP contribution in [0.2, 0.25) is 0 Å². The summed E-state index contributed by atoms with van der Waals surface area (Å²) in [5, 5.41) is 1.06. The number of anilines is 1. The molecule has 184 valence electrons.